The van der Waals surface area contributed by atoms with Crippen LogP contribution in [0.2, 0.25) is 0 Å². The molecule has 25 heavy (non-hydrogen) atoms. The second kappa shape index (κ2) is 8.04. The quantitative estimate of drug-likeness (QED) is 0.732. The molecule has 0 saturated heterocycles. The fourth-order valence-corrected chi connectivity index (χ4v) is 2.64. The maximum absolute atomic E-state index is 13.1. The number of carbonyl (C=O) groups is 3. The van der Waals surface area contributed by atoms with E-state index in [-0.39, 0.29) is 44.6 Å². The van der Waals surface area contributed by atoms with Crippen LogP contribution in [0, 0.1) is 5.92 Å². The number of hydrogen-bond acceptors (Lipinski definition) is 3. The summed E-state index contributed by atoms with van der Waals surface area (Å²) in [6, 6.07) is 6.09. The number of halogens is 2. The molecule has 0 spiro atoms. The second-order valence-electron chi connectivity index (χ2n) is 6.10. The molecule has 0 radical (unpaired) electrons. The molecule has 1 aromatic rings. The van der Waals surface area contributed by atoms with Crippen molar-refractivity contribution in [1.29, 1.82) is 0 Å². The molecule has 1 fully saturated rings. The summed E-state index contributed by atoms with van der Waals surface area (Å²) in [5.74, 6) is -4.81. The molecule has 1 aliphatic rings. The zero-order valence-corrected chi connectivity index (χ0v) is 13.6. The smallest absolute Gasteiger partial charge is 0.305 e. The Morgan fingerprint density at radius 2 is 1.72 bits per heavy atom. The molecule has 1 aromatic carbocycles. The molecule has 8 heteroatoms. The molecule has 1 aliphatic carbocycles. The Morgan fingerprint density at radius 1 is 1.12 bits per heavy atom. The minimum Gasteiger partial charge on any atom is -0.481 e. The first-order valence-corrected chi connectivity index (χ1v) is 8.05. The van der Waals surface area contributed by atoms with Gasteiger partial charge in [-0.1, -0.05) is 0 Å². The van der Waals surface area contributed by atoms with Crippen molar-refractivity contribution in [2.75, 3.05) is 11.9 Å². The van der Waals surface area contributed by atoms with E-state index in [0.717, 1.165) is 0 Å². The van der Waals surface area contributed by atoms with Gasteiger partial charge in [0, 0.05) is 36.6 Å². The third-order valence-electron chi connectivity index (χ3n) is 4.13. The molecule has 0 heterocycles. The Balaban J connectivity index is 1.84. The summed E-state index contributed by atoms with van der Waals surface area (Å²) < 4.78 is 26.2. The SMILES string of the molecule is O=C(O)CCNC(=O)c1ccc(NC(=O)C2CCC(F)(F)CC2)cc1. The summed E-state index contributed by atoms with van der Waals surface area (Å²) in [6.07, 6.45) is -0.410. The van der Waals surface area contributed by atoms with E-state index in [1.54, 1.807) is 12.1 Å². The van der Waals surface area contributed by atoms with E-state index in [4.69, 9.17) is 5.11 Å². The first kappa shape index (κ1) is 18.8. The molecule has 2 rings (SSSR count). The largest absolute Gasteiger partial charge is 0.481 e. The third kappa shape index (κ3) is 5.81. The van der Waals surface area contributed by atoms with Crippen molar-refractivity contribution < 1.29 is 28.3 Å². The first-order chi connectivity index (χ1) is 11.8. The van der Waals surface area contributed by atoms with Crippen LogP contribution in [-0.2, 0) is 9.59 Å². The lowest BCUT2D eigenvalue weighted by molar-refractivity contribution is -0.136. The molecule has 136 valence electrons. The number of nitrogens with one attached hydrogen (secondary N) is 2. The third-order valence-corrected chi connectivity index (χ3v) is 4.13. The number of anilines is 1. The maximum Gasteiger partial charge on any atom is 0.305 e. The van der Waals surface area contributed by atoms with Crippen molar-refractivity contribution in [3.8, 4) is 0 Å². The minimum atomic E-state index is -2.67. The Morgan fingerprint density at radius 3 is 2.28 bits per heavy atom. The van der Waals surface area contributed by atoms with Crippen LogP contribution in [-0.4, -0.2) is 35.4 Å². The van der Waals surface area contributed by atoms with Gasteiger partial charge in [0.1, 0.15) is 0 Å². The average molecular weight is 354 g/mol. The number of aliphatic carboxylic acids is 1. The molecule has 6 nitrogen and oxygen atoms in total. The van der Waals surface area contributed by atoms with Gasteiger partial charge in [-0.25, -0.2) is 8.78 Å². The normalized spacial score (nSPS) is 16.9. The molecular formula is C17H20F2N2O4. The summed E-state index contributed by atoms with van der Waals surface area (Å²) in [5, 5.41) is 13.7. The topological polar surface area (TPSA) is 95.5 Å². The van der Waals surface area contributed by atoms with Gasteiger partial charge in [0.15, 0.2) is 0 Å². The van der Waals surface area contributed by atoms with Crippen LogP contribution in [0.5, 0.6) is 0 Å². The van der Waals surface area contributed by atoms with Crippen molar-refractivity contribution in [3.05, 3.63) is 29.8 Å². The maximum atomic E-state index is 13.1. The lowest BCUT2D eigenvalue weighted by Crippen LogP contribution is -2.31. The van der Waals surface area contributed by atoms with Gasteiger partial charge >= 0.3 is 5.97 Å². The van der Waals surface area contributed by atoms with Crippen LogP contribution in [0.25, 0.3) is 0 Å². The van der Waals surface area contributed by atoms with Gasteiger partial charge in [-0.15, -0.1) is 0 Å². The zero-order valence-electron chi connectivity index (χ0n) is 13.6. The number of benzene rings is 1. The lowest BCUT2D eigenvalue weighted by atomic mass is 9.86. The summed E-state index contributed by atoms with van der Waals surface area (Å²) in [5.41, 5.74) is 0.810. The highest BCUT2D eigenvalue weighted by Crippen LogP contribution is 2.36. The van der Waals surface area contributed by atoms with E-state index in [1.165, 1.54) is 12.1 Å². The van der Waals surface area contributed by atoms with Crippen molar-refractivity contribution in [3.63, 3.8) is 0 Å². The van der Waals surface area contributed by atoms with Crippen LogP contribution < -0.4 is 10.6 Å². The molecule has 0 atom stereocenters. The number of amides is 2. The van der Waals surface area contributed by atoms with Gasteiger partial charge in [0.25, 0.3) is 5.91 Å². The summed E-state index contributed by atoms with van der Waals surface area (Å²) in [6.45, 7) is 0.0268. The van der Waals surface area contributed by atoms with E-state index in [0.29, 0.717) is 11.3 Å². The van der Waals surface area contributed by atoms with Gasteiger partial charge in [0.2, 0.25) is 11.8 Å². The minimum absolute atomic E-state index is 0.0268. The standard InChI is InChI=1S/C17H20F2N2O4/c18-17(19)8-5-12(6-9-17)16(25)21-13-3-1-11(2-4-13)15(24)20-10-7-14(22)23/h1-4,12H,5-10H2,(H,20,24)(H,21,25)(H,22,23). The van der Waals surface area contributed by atoms with Crippen LogP contribution in [0.15, 0.2) is 24.3 Å². The molecule has 1 saturated carbocycles. The van der Waals surface area contributed by atoms with E-state index in [2.05, 4.69) is 10.6 Å². The van der Waals surface area contributed by atoms with Crippen LogP contribution in [0.1, 0.15) is 42.5 Å². The monoisotopic (exact) mass is 354 g/mol. The Kier molecular flexibility index (Phi) is 6.06. The summed E-state index contributed by atoms with van der Waals surface area (Å²) >= 11 is 0. The van der Waals surface area contributed by atoms with Crippen LogP contribution in [0.4, 0.5) is 14.5 Å². The Hall–Kier alpha value is -2.51. The molecule has 0 aliphatic heterocycles. The predicted molar refractivity (Wildman–Crippen MR) is 86.6 cm³/mol. The lowest BCUT2D eigenvalue weighted by Gasteiger charge is -2.27. The first-order valence-electron chi connectivity index (χ1n) is 8.05. The highest BCUT2D eigenvalue weighted by molar-refractivity contribution is 5.96. The van der Waals surface area contributed by atoms with Crippen molar-refractivity contribution in [2.24, 2.45) is 5.92 Å². The predicted octanol–water partition coefficient (Wildman–Crippen LogP) is 2.66. The average Bonchev–Trinajstić information content (AvgIpc) is 2.55. The number of carbonyl (C=O) groups excluding carboxylic acids is 2. The molecule has 3 N–H and O–H groups in total. The van der Waals surface area contributed by atoms with Gasteiger partial charge in [0.05, 0.1) is 6.42 Å². The van der Waals surface area contributed by atoms with Crippen LogP contribution in [0.3, 0.4) is 0 Å². The zero-order chi connectivity index (χ0) is 18.4. The molecule has 2 amide bonds. The molecule has 0 bridgehead atoms. The van der Waals surface area contributed by atoms with Gasteiger partial charge in [-0.3, -0.25) is 14.4 Å². The van der Waals surface area contributed by atoms with E-state index < -0.39 is 23.7 Å². The number of rotatable bonds is 6. The molecule has 0 aromatic heterocycles. The number of carboxylic acid groups (broad SMARTS) is 1. The summed E-state index contributed by atoms with van der Waals surface area (Å²) in [7, 11) is 0. The highest BCUT2D eigenvalue weighted by atomic mass is 19.3. The van der Waals surface area contributed by atoms with Crippen molar-refractivity contribution in [1.82, 2.24) is 5.32 Å². The second-order valence-corrected chi connectivity index (χ2v) is 6.10. The van der Waals surface area contributed by atoms with E-state index in [1.807, 2.05) is 0 Å². The van der Waals surface area contributed by atoms with E-state index >= 15 is 0 Å². The van der Waals surface area contributed by atoms with Gasteiger partial charge < -0.3 is 15.7 Å². The number of hydrogen-bond donors (Lipinski definition) is 3. The van der Waals surface area contributed by atoms with Crippen molar-refractivity contribution in [2.45, 2.75) is 38.0 Å². The number of carboxylic acids is 1. The highest BCUT2D eigenvalue weighted by Gasteiger charge is 2.37. The molecular weight excluding hydrogens is 334 g/mol. The van der Waals surface area contributed by atoms with Crippen molar-refractivity contribution >= 4 is 23.5 Å². The summed E-state index contributed by atoms with van der Waals surface area (Å²) in [4.78, 5) is 34.3. The Bertz CT molecular complexity index is 637. The fraction of sp³-hybridized carbons (Fsp3) is 0.471. The van der Waals surface area contributed by atoms with Gasteiger partial charge in [-0.05, 0) is 37.1 Å². The fourth-order valence-electron chi connectivity index (χ4n) is 2.64. The number of alkyl halides is 2. The molecule has 0 unspecified atom stereocenters. The Labute approximate surface area is 143 Å². The van der Waals surface area contributed by atoms with Crippen LogP contribution >= 0.6 is 0 Å². The van der Waals surface area contributed by atoms with E-state index in [9.17, 15) is 23.2 Å². The van der Waals surface area contributed by atoms with Gasteiger partial charge in [-0.2, -0.15) is 0 Å².